The molecule has 6 heteroatoms. The van der Waals surface area contributed by atoms with Gasteiger partial charge in [-0.2, -0.15) is 13.2 Å². The van der Waals surface area contributed by atoms with Gasteiger partial charge in [0, 0.05) is 0 Å². The van der Waals surface area contributed by atoms with Crippen LogP contribution in [0.25, 0.3) is 11.3 Å². The second kappa shape index (κ2) is 6.34. The van der Waals surface area contributed by atoms with E-state index in [-0.39, 0.29) is 11.1 Å². The van der Waals surface area contributed by atoms with Crippen LogP contribution in [0.5, 0.6) is 0 Å². The molecule has 0 saturated carbocycles. The fourth-order valence-corrected chi connectivity index (χ4v) is 2.01. The summed E-state index contributed by atoms with van der Waals surface area (Å²) in [7, 11) is 0. The zero-order valence-electron chi connectivity index (χ0n) is 11.3. The van der Waals surface area contributed by atoms with E-state index >= 15 is 0 Å². The first-order valence-corrected chi connectivity index (χ1v) is 6.32. The lowest BCUT2D eigenvalue weighted by molar-refractivity contribution is -0.144. The summed E-state index contributed by atoms with van der Waals surface area (Å²) in [6, 6.07) is 15.2. The average molecular weight is 307 g/mol. The van der Waals surface area contributed by atoms with Crippen LogP contribution in [0.1, 0.15) is 11.1 Å². The predicted molar refractivity (Wildman–Crippen MR) is 76.5 cm³/mol. The smallest absolute Gasteiger partial charge is 0.478 e. The summed E-state index contributed by atoms with van der Waals surface area (Å²) < 4.78 is 38.4. The molecular formula is C16H12F3NO2. The average Bonchev–Trinajstić information content (AvgIpc) is 2.47. The third kappa shape index (κ3) is 3.88. The van der Waals surface area contributed by atoms with Crippen molar-refractivity contribution in [2.24, 2.45) is 0 Å². The molecule has 22 heavy (non-hydrogen) atoms. The molecular weight excluding hydrogens is 295 g/mol. The molecule has 0 unspecified atom stereocenters. The second-order valence-corrected chi connectivity index (χ2v) is 4.41. The van der Waals surface area contributed by atoms with Crippen LogP contribution >= 0.6 is 0 Å². The first-order valence-electron chi connectivity index (χ1n) is 6.32. The van der Waals surface area contributed by atoms with Gasteiger partial charge in [-0.05, 0) is 11.1 Å². The predicted octanol–water partition coefficient (Wildman–Crippen LogP) is 3.75. The maximum absolute atomic E-state index is 12.8. The molecule has 0 atom stereocenters. The van der Waals surface area contributed by atoms with Gasteiger partial charge in [-0.1, -0.05) is 60.7 Å². The maximum Gasteiger partial charge on any atom is 0.482 e. The zero-order chi connectivity index (χ0) is 16.2. The van der Waals surface area contributed by atoms with Gasteiger partial charge >= 0.3 is 12.3 Å². The number of carboxylic acids is 1. The molecule has 0 radical (unpaired) electrons. The van der Waals surface area contributed by atoms with Crippen LogP contribution in [0.15, 0.2) is 60.7 Å². The third-order valence-corrected chi connectivity index (χ3v) is 2.86. The summed E-state index contributed by atoms with van der Waals surface area (Å²) in [5.41, 5.74) is -0.609. The molecule has 0 aromatic heterocycles. The molecule has 2 rings (SSSR count). The quantitative estimate of drug-likeness (QED) is 0.514. The van der Waals surface area contributed by atoms with Crippen molar-refractivity contribution in [3.05, 3.63) is 71.8 Å². The summed E-state index contributed by atoms with van der Waals surface area (Å²) in [6.45, 7) is 0. The van der Waals surface area contributed by atoms with Crippen LogP contribution in [0, 0.1) is 0 Å². The lowest BCUT2D eigenvalue weighted by atomic mass is 9.99. The second-order valence-electron chi connectivity index (χ2n) is 4.41. The van der Waals surface area contributed by atoms with Gasteiger partial charge in [0.25, 0.3) is 0 Å². The van der Waals surface area contributed by atoms with Crippen LogP contribution in [0.4, 0.5) is 13.2 Å². The Kier molecular flexibility index (Phi) is 4.50. The van der Waals surface area contributed by atoms with Gasteiger partial charge in [-0.3, -0.25) is 5.32 Å². The lowest BCUT2D eigenvalue weighted by Crippen LogP contribution is -2.31. The highest BCUT2D eigenvalue weighted by Crippen LogP contribution is 2.28. The van der Waals surface area contributed by atoms with Crippen molar-refractivity contribution in [1.82, 2.24) is 5.32 Å². The van der Waals surface area contributed by atoms with Crippen molar-refractivity contribution in [2.45, 2.75) is 6.30 Å². The number of benzene rings is 2. The van der Waals surface area contributed by atoms with Crippen molar-refractivity contribution >= 4 is 17.2 Å². The lowest BCUT2D eigenvalue weighted by Gasteiger charge is -2.17. The minimum absolute atomic E-state index is 0.140. The minimum Gasteiger partial charge on any atom is -0.478 e. The van der Waals surface area contributed by atoms with E-state index in [0.29, 0.717) is 0 Å². The Balaban J connectivity index is 2.69. The molecule has 2 N–H and O–H groups in total. The van der Waals surface area contributed by atoms with Crippen LogP contribution in [-0.2, 0) is 4.79 Å². The van der Waals surface area contributed by atoms with Crippen molar-refractivity contribution < 1.29 is 23.1 Å². The van der Waals surface area contributed by atoms with Gasteiger partial charge in [-0.25, -0.2) is 4.79 Å². The SMILES string of the molecule is O=C(O)C(=C(NC(F)(F)F)c1ccccc1)c1ccccc1. The molecule has 2 aromatic rings. The number of aliphatic carboxylic acids is 1. The fraction of sp³-hybridized carbons (Fsp3) is 0.0625. The molecule has 114 valence electrons. The molecule has 3 nitrogen and oxygen atoms in total. The molecule has 0 spiro atoms. The van der Waals surface area contributed by atoms with E-state index in [2.05, 4.69) is 0 Å². The van der Waals surface area contributed by atoms with E-state index in [9.17, 15) is 23.1 Å². The molecule has 0 aliphatic rings. The maximum atomic E-state index is 12.8. The highest BCUT2D eigenvalue weighted by atomic mass is 19.4. The number of carbonyl (C=O) groups is 1. The van der Waals surface area contributed by atoms with Gasteiger partial charge in [0.05, 0.1) is 11.3 Å². The van der Waals surface area contributed by atoms with Gasteiger partial charge in [-0.15, -0.1) is 0 Å². The third-order valence-electron chi connectivity index (χ3n) is 2.86. The fourth-order valence-electron chi connectivity index (χ4n) is 2.01. The Labute approximate surface area is 124 Å². The first-order chi connectivity index (χ1) is 10.4. The zero-order valence-corrected chi connectivity index (χ0v) is 11.3. The standard InChI is InChI=1S/C16H12F3NO2/c17-16(18,19)20-14(12-9-5-2-6-10-12)13(15(21)22)11-7-3-1-4-8-11/h1-10,20H,(H,21,22). The van der Waals surface area contributed by atoms with E-state index in [0.717, 1.165) is 0 Å². The number of hydrogen-bond donors (Lipinski definition) is 2. The number of carboxylic acid groups (broad SMARTS) is 1. The minimum atomic E-state index is -4.75. The van der Waals surface area contributed by atoms with Crippen LogP contribution in [0.2, 0.25) is 0 Å². The Morgan fingerprint density at radius 3 is 1.73 bits per heavy atom. The monoisotopic (exact) mass is 307 g/mol. The number of alkyl halides is 3. The number of rotatable bonds is 4. The van der Waals surface area contributed by atoms with Crippen molar-refractivity contribution in [1.29, 1.82) is 0 Å². The highest BCUT2D eigenvalue weighted by Gasteiger charge is 2.31. The summed E-state index contributed by atoms with van der Waals surface area (Å²) in [5.74, 6) is -1.44. The van der Waals surface area contributed by atoms with Crippen LogP contribution in [-0.4, -0.2) is 17.4 Å². The van der Waals surface area contributed by atoms with Gasteiger partial charge in [0.2, 0.25) is 0 Å². The Morgan fingerprint density at radius 2 is 1.32 bits per heavy atom. The number of nitrogens with one attached hydrogen (secondary N) is 1. The molecule has 0 aliphatic heterocycles. The van der Waals surface area contributed by atoms with E-state index in [4.69, 9.17) is 0 Å². The van der Waals surface area contributed by atoms with E-state index in [1.165, 1.54) is 41.7 Å². The number of halogens is 3. The van der Waals surface area contributed by atoms with Crippen molar-refractivity contribution in [3.8, 4) is 0 Å². The Bertz CT molecular complexity index is 680. The summed E-state index contributed by atoms with van der Waals surface area (Å²) in [4.78, 5) is 11.5. The summed E-state index contributed by atoms with van der Waals surface area (Å²) in [6.07, 6.45) is -4.75. The van der Waals surface area contributed by atoms with Gasteiger partial charge in [0.15, 0.2) is 0 Å². The topological polar surface area (TPSA) is 49.3 Å². The van der Waals surface area contributed by atoms with E-state index in [1.807, 2.05) is 0 Å². The molecule has 2 aromatic carbocycles. The molecule has 0 fully saturated rings. The normalized spacial score (nSPS) is 12.5. The molecule has 0 bridgehead atoms. The molecule has 0 aliphatic carbocycles. The van der Waals surface area contributed by atoms with Crippen LogP contribution < -0.4 is 5.32 Å². The van der Waals surface area contributed by atoms with Crippen LogP contribution in [0.3, 0.4) is 0 Å². The Hall–Kier alpha value is -2.76. The highest BCUT2D eigenvalue weighted by molar-refractivity contribution is 6.23. The van der Waals surface area contributed by atoms with Crippen molar-refractivity contribution in [3.63, 3.8) is 0 Å². The summed E-state index contributed by atoms with van der Waals surface area (Å²) in [5, 5.41) is 10.7. The van der Waals surface area contributed by atoms with Gasteiger partial charge < -0.3 is 5.11 Å². The molecule has 0 saturated heterocycles. The molecule has 0 amide bonds. The number of hydrogen-bond acceptors (Lipinski definition) is 2. The van der Waals surface area contributed by atoms with Crippen molar-refractivity contribution in [2.75, 3.05) is 0 Å². The largest absolute Gasteiger partial charge is 0.482 e. The summed E-state index contributed by atoms with van der Waals surface area (Å²) >= 11 is 0. The Morgan fingerprint density at radius 1 is 0.864 bits per heavy atom. The van der Waals surface area contributed by atoms with Gasteiger partial charge in [0.1, 0.15) is 0 Å². The van der Waals surface area contributed by atoms with E-state index < -0.39 is 23.5 Å². The molecule has 0 heterocycles. The first kappa shape index (κ1) is 15.6. The van der Waals surface area contributed by atoms with E-state index in [1.54, 1.807) is 24.3 Å².